The van der Waals surface area contributed by atoms with Crippen LogP contribution in [0, 0.1) is 19.7 Å². The molecule has 2 aromatic carbocycles. The van der Waals surface area contributed by atoms with Crippen LogP contribution in [0.3, 0.4) is 0 Å². The Morgan fingerprint density at radius 3 is 2.81 bits per heavy atom. The monoisotopic (exact) mass is 457 g/mol. The summed E-state index contributed by atoms with van der Waals surface area (Å²) in [5.41, 5.74) is 1.88. The smallest absolute Gasteiger partial charge is 0.328 e. The van der Waals surface area contributed by atoms with Crippen LogP contribution in [0.4, 0.5) is 4.39 Å². The third-order valence-electron chi connectivity index (χ3n) is 5.87. The predicted molar refractivity (Wildman–Crippen MR) is 122 cm³/mol. The molecule has 168 valence electrons. The maximum Gasteiger partial charge on any atom is 0.328 e. The van der Waals surface area contributed by atoms with Crippen LogP contribution in [0.1, 0.15) is 35.6 Å². The van der Waals surface area contributed by atoms with Crippen molar-refractivity contribution in [2.45, 2.75) is 39.3 Å². The van der Waals surface area contributed by atoms with Crippen molar-refractivity contribution in [2.75, 3.05) is 13.1 Å². The fourth-order valence-electron chi connectivity index (χ4n) is 4.16. The number of ether oxygens (including phenoxy) is 1. The second-order valence-electron chi connectivity index (χ2n) is 8.26. The summed E-state index contributed by atoms with van der Waals surface area (Å²) in [6.07, 6.45) is 3.48. The molecule has 4 rings (SSSR count). The Hall–Kier alpha value is -2.90. The highest BCUT2D eigenvalue weighted by molar-refractivity contribution is 6.30. The highest BCUT2D eigenvalue weighted by atomic mass is 35.5. The van der Waals surface area contributed by atoms with Crippen LogP contribution >= 0.6 is 11.6 Å². The van der Waals surface area contributed by atoms with E-state index in [1.807, 2.05) is 25.1 Å². The molecule has 0 bridgehead atoms. The molecule has 0 amide bonds. The van der Waals surface area contributed by atoms with Gasteiger partial charge in [-0.05, 0) is 62.6 Å². The minimum absolute atomic E-state index is 0.000902. The van der Waals surface area contributed by atoms with Gasteiger partial charge in [0.25, 0.3) is 5.56 Å². The first kappa shape index (κ1) is 22.3. The van der Waals surface area contributed by atoms with Crippen molar-refractivity contribution in [1.82, 2.24) is 14.5 Å². The van der Waals surface area contributed by atoms with Gasteiger partial charge in [0.15, 0.2) is 0 Å². The highest BCUT2D eigenvalue weighted by Gasteiger charge is 2.23. The number of hydrogen-bond donors (Lipinski definition) is 1. The van der Waals surface area contributed by atoms with E-state index in [0.717, 1.165) is 30.5 Å². The lowest BCUT2D eigenvalue weighted by atomic mass is 10.0. The van der Waals surface area contributed by atoms with Crippen molar-refractivity contribution in [3.63, 3.8) is 0 Å². The zero-order valence-electron chi connectivity index (χ0n) is 18.0. The van der Waals surface area contributed by atoms with E-state index in [4.69, 9.17) is 16.3 Å². The molecule has 0 saturated carbocycles. The SMILES string of the molecule is Cc1c(CN2CCC[C@H](n3cc(C)c(=O)[nH]c3=O)C2)cccc1Oc1cc(F)cc(Cl)c1. The Morgan fingerprint density at radius 2 is 2.03 bits per heavy atom. The lowest BCUT2D eigenvalue weighted by molar-refractivity contribution is 0.167. The van der Waals surface area contributed by atoms with Crippen molar-refractivity contribution >= 4 is 11.6 Å². The van der Waals surface area contributed by atoms with Gasteiger partial charge in [0.2, 0.25) is 0 Å². The molecule has 1 fully saturated rings. The molecule has 1 aliphatic rings. The van der Waals surface area contributed by atoms with Gasteiger partial charge < -0.3 is 4.74 Å². The Morgan fingerprint density at radius 1 is 1.22 bits per heavy atom. The fraction of sp³-hybridized carbons (Fsp3) is 0.333. The van der Waals surface area contributed by atoms with Gasteiger partial charge in [-0.2, -0.15) is 0 Å². The number of nitrogens with zero attached hydrogens (tertiary/aromatic N) is 2. The lowest BCUT2D eigenvalue weighted by Crippen LogP contribution is -2.41. The number of nitrogens with one attached hydrogen (secondary N) is 1. The summed E-state index contributed by atoms with van der Waals surface area (Å²) in [4.78, 5) is 28.7. The first-order valence-electron chi connectivity index (χ1n) is 10.6. The summed E-state index contributed by atoms with van der Waals surface area (Å²) in [5, 5.41) is 0.279. The molecular formula is C24H25ClFN3O3. The van der Waals surface area contributed by atoms with Crippen LogP contribution in [-0.2, 0) is 6.54 Å². The number of rotatable bonds is 5. The number of benzene rings is 2. The average Bonchev–Trinajstić information content (AvgIpc) is 2.73. The minimum atomic E-state index is -0.451. The summed E-state index contributed by atoms with van der Waals surface area (Å²) in [7, 11) is 0. The topological polar surface area (TPSA) is 67.3 Å². The molecule has 8 heteroatoms. The van der Waals surface area contributed by atoms with Gasteiger partial charge in [0, 0.05) is 35.9 Å². The number of aromatic amines is 1. The van der Waals surface area contributed by atoms with E-state index in [1.165, 1.54) is 12.1 Å². The van der Waals surface area contributed by atoms with Crippen LogP contribution in [-0.4, -0.2) is 27.5 Å². The van der Waals surface area contributed by atoms with Gasteiger partial charge in [-0.1, -0.05) is 23.7 Å². The van der Waals surface area contributed by atoms with Gasteiger partial charge >= 0.3 is 5.69 Å². The van der Waals surface area contributed by atoms with Crippen LogP contribution in [0.25, 0.3) is 0 Å². The molecule has 0 unspecified atom stereocenters. The van der Waals surface area contributed by atoms with E-state index in [0.29, 0.717) is 30.2 Å². The fourth-order valence-corrected chi connectivity index (χ4v) is 4.37. The Labute approximate surface area is 190 Å². The largest absolute Gasteiger partial charge is 0.457 e. The Bertz CT molecular complexity index is 1230. The average molecular weight is 458 g/mol. The molecule has 6 nitrogen and oxygen atoms in total. The molecule has 1 saturated heterocycles. The van der Waals surface area contributed by atoms with Crippen molar-refractivity contribution in [2.24, 2.45) is 0 Å². The second kappa shape index (κ2) is 9.30. The predicted octanol–water partition coefficient (Wildman–Crippen LogP) is 4.58. The second-order valence-corrected chi connectivity index (χ2v) is 8.69. The minimum Gasteiger partial charge on any atom is -0.457 e. The number of aromatic nitrogens is 2. The first-order chi connectivity index (χ1) is 15.3. The zero-order valence-corrected chi connectivity index (χ0v) is 18.8. The van der Waals surface area contributed by atoms with Crippen molar-refractivity contribution in [3.05, 3.63) is 91.0 Å². The van der Waals surface area contributed by atoms with Crippen molar-refractivity contribution in [3.8, 4) is 11.5 Å². The van der Waals surface area contributed by atoms with Gasteiger partial charge in [-0.15, -0.1) is 0 Å². The van der Waals surface area contributed by atoms with Crippen molar-refractivity contribution in [1.29, 1.82) is 0 Å². The molecule has 1 aromatic heterocycles. The van der Waals surface area contributed by atoms with Crippen LogP contribution in [0.15, 0.2) is 52.2 Å². The maximum atomic E-state index is 13.7. The third kappa shape index (κ3) is 4.95. The van der Waals surface area contributed by atoms with E-state index in [1.54, 1.807) is 23.8 Å². The molecular weight excluding hydrogens is 433 g/mol. The number of likely N-dealkylation sites (tertiary alicyclic amines) is 1. The Balaban J connectivity index is 1.51. The van der Waals surface area contributed by atoms with Gasteiger partial charge in [0.05, 0.1) is 6.04 Å². The molecule has 0 aliphatic carbocycles. The van der Waals surface area contributed by atoms with Crippen LogP contribution in [0.5, 0.6) is 11.5 Å². The van der Waals surface area contributed by atoms with Gasteiger partial charge in [0.1, 0.15) is 17.3 Å². The molecule has 1 aliphatic heterocycles. The molecule has 0 radical (unpaired) electrons. The van der Waals surface area contributed by atoms with Gasteiger partial charge in [-0.3, -0.25) is 19.2 Å². The molecule has 3 aromatic rings. The summed E-state index contributed by atoms with van der Waals surface area (Å²) in [5.74, 6) is 0.541. The summed E-state index contributed by atoms with van der Waals surface area (Å²) in [6, 6.07) is 9.92. The molecule has 1 atom stereocenters. The van der Waals surface area contributed by atoms with E-state index >= 15 is 0 Å². The van der Waals surface area contributed by atoms with Crippen LogP contribution in [0.2, 0.25) is 5.02 Å². The van der Waals surface area contributed by atoms with E-state index in [2.05, 4.69) is 9.88 Å². The number of aryl methyl sites for hydroxylation is 1. The number of H-pyrrole nitrogens is 1. The molecule has 2 heterocycles. The standard InChI is InChI=1S/C24H25ClFN3O3/c1-15-12-29(24(31)27-23(15)30)20-6-4-8-28(14-20)13-17-5-3-7-22(16(17)2)32-21-10-18(25)9-19(26)11-21/h3,5,7,9-12,20H,4,6,8,13-14H2,1-2H3,(H,27,30,31)/t20-/m0/s1. The summed E-state index contributed by atoms with van der Waals surface area (Å²) in [6.45, 7) is 5.99. The summed E-state index contributed by atoms with van der Waals surface area (Å²) < 4.78 is 21.2. The number of hydrogen-bond acceptors (Lipinski definition) is 4. The normalized spacial score (nSPS) is 16.8. The molecule has 32 heavy (non-hydrogen) atoms. The number of piperidine rings is 1. The van der Waals surface area contributed by atoms with Crippen molar-refractivity contribution < 1.29 is 9.13 Å². The quantitative estimate of drug-likeness (QED) is 0.609. The number of halogens is 2. The van der Waals surface area contributed by atoms with Gasteiger partial charge in [-0.25, -0.2) is 9.18 Å². The maximum absolute atomic E-state index is 13.7. The van der Waals surface area contributed by atoms with E-state index < -0.39 is 5.82 Å². The molecule has 1 N–H and O–H groups in total. The third-order valence-corrected chi connectivity index (χ3v) is 6.09. The first-order valence-corrected chi connectivity index (χ1v) is 10.9. The molecule has 0 spiro atoms. The summed E-state index contributed by atoms with van der Waals surface area (Å²) >= 11 is 5.94. The van der Waals surface area contributed by atoms with E-state index in [9.17, 15) is 14.0 Å². The van der Waals surface area contributed by atoms with Crippen LogP contribution < -0.4 is 16.0 Å². The lowest BCUT2D eigenvalue weighted by Gasteiger charge is -2.34. The highest BCUT2D eigenvalue weighted by Crippen LogP contribution is 2.31. The Kier molecular flexibility index (Phi) is 6.48. The zero-order chi connectivity index (χ0) is 22.8. The van der Waals surface area contributed by atoms with E-state index in [-0.39, 0.29) is 22.3 Å².